The average Bonchev–Trinajstić information content (AvgIpc) is 2.95. The molecule has 1 aromatic rings. The molecule has 1 heterocycles. The predicted octanol–water partition coefficient (Wildman–Crippen LogP) is 3.90. The van der Waals surface area contributed by atoms with Crippen molar-refractivity contribution in [3.63, 3.8) is 0 Å². The van der Waals surface area contributed by atoms with Gasteiger partial charge in [0.25, 0.3) is 0 Å². The molecule has 0 saturated heterocycles. The van der Waals surface area contributed by atoms with Crippen molar-refractivity contribution in [3.05, 3.63) is 23.8 Å². The summed E-state index contributed by atoms with van der Waals surface area (Å²) in [5, 5.41) is 3.84. The van der Waals surface area contributed by atoms with E-state index in [0.29, 0.717) is 18.9 Å². The third kappa shape index (κ3) is 3.70. The molecule has 0 radical (unpaired) electrons. The third-order valence-electron chi connectivity index (χ3n) is 4.91. The molecule has 21 heavy (non-hydrogen) atoms. The van der Waals surface area contributed by atoms with Crippen LogP contribution >= 0.6 is 0 Å². The maximum Gasteiger partial charge on any atom is 0.231 e. The van der Waals surface area contributed by atoms with Gasteiger partial charge in [-0.05, 0) is 56.2 Å². The van der Waals surface area contributed by atoms with E-state index in [-0.39, 0.29) is 0 Å². The van der Waals surface area contributed by atoms with E-state index < -0.39 is 0 Å². The Hall–Kier alpha value is -1.22. The number of nitrogens with one attached hydrogen (secondary N) is 1. The summed E-state index contributed by atoms with van der Waals surface area (Å²) < 4.78 is 10.8. The first kappa shape index (κ1) is 14.7. The second-order valence-corrected chi connectivity index (χ2v) is 6.66. The van der Waals surface area contributed by atoms with Crippen LogP contribution in [0.5, 0.6) is 11.5 Å². The van der Waals surface area contributed by atoms with Crippen LogP contribution in [-0.2, 0) is 6.42 Å². The first-order valence-electron chi connectivity index (χ1n) is 8.37. The lowest BCUT2D eigenvalue weighted by molar-refractivity contribution is 0.174. The molecule has 0 bridgehead atoms. The lowest BCUT2D eigenvalue weighted by Gasteiger charge is -2.32. The first-order chi connectivity index (χ1) is 10.2. The van der Waals surface area contributed by atoms with Crippen LogP contribution in [-0.4, -0.2) is 18.9 Å². The molecule has 116 valence electrons. The molecule has 1 aliphatic carbocycles. The molecule has 3 atom stereocenters. The van der Waals surface area contributed by atoms with Gasteiger partial charge in [0.05, 0.1) is 0 Å². The highest BCUT2D eigenvalue weighted by atomic mass is 16.7. The average molecular weight is 289 g/mol. The van der Waals surface area contributed by atoms with E-state index in [4.69, 9.17) is 9.47 Å². The van der Waals surface area contributed by atoms with Crippen molar-refractivity contribution in [2.75, 3.05) is 6.79 Å². The minimum Gasteiger partial charge on any atom is -0.454 e. The smallest absolute Gasteiger partial charge is 0.231 e. The molecule has 0 amide bonds. The van der Waals surface area contributed by atoms with E-state index in [0.717, 1.165) is 23.8 Å². The van der Waals surface area contributed by atoms with Crippen molar-refractivity contribution in [3.8, 4) is 11.5 Å². The van der Waals surface area contributed by atoms with Gasteiger partial charge < -0.3 is 14.8 Å². The van der Waals surface area contributed by atoms with Gasteiger partial charge >= 0.3 is 0 Å². The molecule has 2 aliphatic rings. The summed E-state index contributed by atoms with van der Waals surface area (Å²) in [5.41, 5.74) is 1.34. The largest absolute Gasteiger partial charge is 0.454 e. The van der Waals surface area contributed by atoms with Crippen LogP contribution in [0, 0.1) is 5.92 Å². The lowest BCUT2D eigenvalue weighted by Crippen LogP contribution is -2.42. The van der Waals surface area contributed by atoms with Crippen molar-refractivity contribution in [1.82, 2.24) is 5.32 Å². The Morgan fingerprint density at radius 3 is 2.86 bits per heavy atom. The number of benzene rings is 1. The van der Waals surface area contributed by atoms with Gasteiger partial charge in [0.2, 0.25) is 6.79 Å². The highest BCUT2D eigenvalue weighted by Gasteiger charge is 2.22. The van der Waals surface area contributed by atoms with Crippen LogP contribution in [0.4, 0.5) is 0 Å². The Bertz CT molecular complexity index is 474. The molecule has 1 saturated carbocycles. The molecule has 3 unspecified atom stereocenters. The van der Waals surface area contributed by atoms with E-state index in [1.807, 2.05) is 6.07 Å². The topological polar surface area (TPSA) is 30.5 Å². The normalized spacial score (nSPS) is 25.8. The Labute approximate surface area is 128 Å². The van der Waals surface area contributed by atoms with E-state index in [2.05, 4.69) is 31.3 Å². The maximum atomic E-state index is 5.44. The van der Waals surface area contributed by atoms with Crippen LogP contribution in [0.1, 0.15) is 51.5 Å². The maximum absolute atomic E-state index is 5.44. The number of aryl methyl sites for hydroxylation is 1. The van der Waals surface area contributed by atoms with Crippen LogP contribution < -0.4 is 14.8 Å². The second-order valence-electron chi connectivity index (χ2n) is 6.66. The fourth-order valence-corrected chi connectivity index (χ4v) is 3.49. The summed E-state index contributed by atoms with van der Waals surface area (Å²) >= 11 is 0. The number of hydrogen-bond donors (Lipinski definition) is 1. The van der Waals surface area contributed by atoms with Crippen LogP contribution in [0.3, 0.4) is 0 Å². The standard InChI is InChI=1S/C18H27NO2/c1-13-5-3-4-6-16(13)19-14(2)7-8-15-9-10-17-18(11-15)21-12-20-17/h9-11,13-14,16,19H,3-8,12H2,1-2H3. The number of ether oxygens (including phenoxy) is 2. The Morgan fingerprint density at radius 1 is 1.19 bits per heavy atom. The molecule has 1 N–H and O–H groups in total. The summed E-state index contributed by atoms with van der Waals surface area (Å²) in [5.74, 6) is 2.60. The zero-order valence-electron chi connectivity index (χ0n) is 13.2. The molecule has 0 aromatic heterocycles. The fourth-order valence-electron chi connectivity index (χ4n) is 3.49. The van der Waals surface area contributed by atoms with Gasteiger partial charge in [-0.15, -0.1) is 0 Å². The number of rotatable bonds is 5. The molecule has 0 spiro atoms. The molecule has 3 rings (SSSR count). The summed E-state index contributed by atoms with van der Waals surface area (Å²) in [4.78, 5) is 0. The van der Waals surface area contributed by atoms with Gasteiger partial charge in [-0.3, -0.25) is 0 Å². The van der Waals surface area contributed by atoms with Crippen molar-refractivity contribution >= 4 is 0 Å². The zero-order valence-corrected chi connectivity index (χ0v) is 13.2. The monoisotopic (exact) mass is 289 g/mol. The molecule has 3 nitrogen and oxygen atoms in total. The van der Waals surface area contributed by atoms with Crippen molar-refractivity contribution in [1.29, 1.82) is 0 Å². The van der Waals surface area contributed by atoms with Gasteiger partial charge in [0, 0.05) is 12.1 Å². The van der Waals surface area contributed by atoms with Gasteiger partial charge in [-0.2, -0.15) is 0 Å². The van der Waals surface area contributed by atoms with Crippen molar-refractivity contribution < 1.29 is 9.47 Å². The van der Waals surface area contributed by atoms with Crippen LogP contribution in [0.15, 0.2) is 18.2 Å². The highest BCUT2D eigenvalue weighted by molar-refractivity contribution is 5.44. The third-order valence-corrected chi connectivity index (χ3v) is 4.91. The van der Waals surface area contributed by atoms with Gasteiger partial charge in [-0.25, -0.2) is 0 Å². The first-order valence-corrected chi connectivity index (χ1v) is 8.37. The fraction of sp³-hybridized carbons (Fsp3) is 0.667. The summed E-state index contributed by atoms with van der Waals surface area (Å²) in [6, 6.07) is 7.59. The number of hydrogen-bond acceptors (Lipinski definition) is 3. The molecular formula is C18H27NO2. The second kappa shape index (κ2) is 6.69. The van der Waals surface area contributed by atoms with Crippen LogP contribution in [0.2, 0.25) is 0 Å². The zero-order chi connectivity index (χ0) is 14.7. The van der Waals surface area contributed by atoms with E-state index >= 15 is 0 Å². The van der Waals surface area contributed by atoms with E-state index in [1.54, 1.807) is 0 Å². The summed E-state index contributed by atoms with van der Waals surface area (Å²) in [7, 11) is 0. The van der Waals surface area contributed by atoms with Gasteiger partial charge in [0.15, 0.2) is 11.5 Å². The quantitative estimate of drug-likeness (QED) is 0.891. The van der Waals surface area contributed by atoms with E-state index in [1.165, 1.54) is 37.7 Å². The molecule has 1 aromatic carbocycles. The van der Waals surface area contributed by atoms with Crippen LogP contribution in [0.25, 0.3) is 0 Å². The highest BCUT2D eigenvalue weighted by Crippen LogP contribution is 2.33. The Morgan fingerprint density at radius 2 is 2.00 bits per heavy atom. The SMILES string of the molecule is CC(CCc1ccc2c(c1)OCO2)NC1CCCCC1C. The molecule has 1 aliphatic heterocycles. The lowest BCUT2D eigenvalue weighted by atomic mass is 9.85. The minimum absolute atomic E-state index is 0.357. The molecule has 1 fully saturated rings. The predicted molar refractivity (Wildman–Crippen MR) is 84.9 cm³/mol. The molecular weight excluding hydrogens is 262 g/mol. The van der Waals surface area contributed by atoms with Gasteiger partial charge in [-0.1, -0.05) is 25.8 Å². The Balaban J connectivity index is 1.48. The molecule has 3 heteroatoms. The Kier molecular flexibility index (Phi) is 4.69. The van der Waals surface area contributed by atoms with E-state index in [9.17, 15) is 0 Å². The minimum atomic E-state index is 0.357. The van der Waals surface area contributed by atoms with Gasteiger partial charge in [0.1, 0.15) is 0 Å². The number of fused-ring (bicyclic) bond motifs is 1. The van der Waals surface area contributed by atoms with Crippen molar-refractivity contribution in [2.45, 2.75) is 64.5 Å². The van der Waals surface area contributed by atoms with Crippen molar-refractivity contribution in [2.24, 2.45) is 5.92 Å². The summed E-state index contributed by atoms with van der Waals surface area (Å²) in [6.07, 6.45) is 7.78. The summed E-state index contributed by atoms with van der Waals surface area (Å²) in [6.45, 7) is 5.06.